The number of ketones is 2. The van der Waals surface area contributed by atoms with Crippen molar-refractivity contribution in [2.24, 2.45) is 5.14 Å². The Kier molecular flexibility index (Phi) is 6.04. The number of anilines is 3. The van der Waals surface area contributed by atoms with Crippen LogP contribution in [0.3, 0.4) is 0 Å². The first-order valence-corrected chi connectivity index (χ1v) is 12.3. The van der Waals surface area contributed by atoms with Crippen molar-refractivity contribution in [1.29, 1.82) is 0 Å². The summed E-state index contributed by atoms with van der Waals surface area (Å²) in [6.45, 7) is 5.97. The van der Waals surface area contributed by atoms with Gasteiger partial charge in [0.25, 0.3) is 0 Å². The van der Waals surface area contributed by atoms with E-state index in [0.29, 0.717) is 28.3 Å². The summed E-state index contributed by atoms with van der Waals surface area (Å²) in [5, 5.41) is 9.38. The molecule has 0 radical (unpaired) electrons. The van der Waals surface area contributed by atoms with Crippen LogP contribution in [0.4, 0.5) is 17.1 Å². The maximum absolute atomic E-state index is 13.7. The first kappa shape index (κ1) is 23.7. The van der Waals surface area contributed by atoms with Crippen molar-refractivity contribution < 1.29 is 14.3 Å². The number of benzene rings is 4. The van der Waals surface area contributed by atoms with E-state index in [9.17, 15) is 9.59 Å². The topological polar surface area (TPSA) is 107 Å². The molecule has 180 valence electrons. The van der Waals surface area contributed by atoms with Crippen LogP contribution in [0.1, 0.15) is 48.5 Å². The molecule has 0 atom stereocenters. The molecule has 36 heavy (non-hydrogen) atoms. The molecule has 5 N–H and O–H groups in total. The molecule has 5 rings (SSSR count). The van der Waals surface area contributed by atoms with Gasteiger partial charge in [-0.05, 0) is 61.5 Å². The van der Waals surface area contributed by atoms with Crippen LogP contribution in [0.2, 0.25) is 0 Å². The first-order valence-electron chi connectivity index (χ1n) is 11.4. The summed E-state index contributed by atoms with van der Waals surface area (Å²) in [4.78, 5) is 28.3. The maximum atomic E-state index is 13.7. The molecule has 0 amide bonds. The standard InChI is InChI=1S/C29H25N3O3S/c1-15-13-16(2)29(36-31)17(3)26(15)32-21-14-22(35-18-9-5-4-6-10-18)25(30)24-23(21)27(33)19-11-7-8-12-20(19)28(24)34/h4-14,32H,30-31H2,1-3H3. The number of nitrogens with one attached hydrogen (secondary N) is 1. The second kappa shape index (κ2) is 9.18. The van der Waals surface area contributed by atoms with E-state index >= 15 is 0 Å². The van der Waals surface area contributed by atoms with Gasteiger partial charge < -0.3 is 15.8 Å². The van der Waals surface area contributed by atoms with Crippen molar-refractivity contribution in [2.75, 3.05) is 11.1 Å². The van der Waals surface area contributed by atoms with Gasteiger partial charge in [0, 0.05) is 27.8 Å². The summed E-state index contributed by atoms with van der Waals surface area (Å²) in [6.07, 6.45) is 0. The number of rotatable bonds is 5. The van der Waals surface area contributed by atoms with Gasteiger partial charge >= 0.3 is 0 Å². The van der Waals surface area contributed by atoms with Gasteiger partial charge in [-0.25, -0.2) is 0 Å². The molecule has 4 aromatic carbocycles. The van der Waals surface area contributed by atoms with Crippen LogP contribution < -0.4 is 20.9 Å². The maximum Gasteiger partial charge on any atom is 0.196 e. The molecule has 7 heteroatoms. The number of nitrogens with two attached hydrogens (primary N) is 2. The fourth-order valence-electron chi connectivity index (χ4n) is 4.77. The van der Waals surface area contributed by atoms with Gasteiger partial charge in [-0.15, -0.1) is 0 Å². The molecule has 0 bridgehead atoms. The number of hydrogen-bond acceptors (Lipinski definition) is 7. The summed E-state index contributed by atoms with van der Waals surface area (Å²) in [5.74, 6) is 0.278. The van der Waals surface area contributed by atoms with Gasteiger partial charge in [-0.3, -0.25) is 14.7 Å². The van der Waals surface area contributed by atoms with Crippen molar-refractivity contribution >= 4 is 40.6 Å². The van der Waals surface area contributed by atoms with Gasteiger partial charge in [-0.1, -0.05) is 48.5 Å². The average Bonchev–Trinajstić information content (AvgIpc) is 2.87. The second-order valence-electron chi connectivity index (χ2n) is 8.79. The van der Waals surface area contributed by atoms with Crippen molar-refractivity contribution in [3.05, 3.63) is 106 Å². The Morgan fingerprint density at radius 1 is 0.806 bits per heavy atom. The van der Waals surface area contributed by atoms with Crippen molar-refractivity contribution in [3.63, 3.8) is 0 Å². The van der Waals surface area contributed by atoms with Crippen molar-refractivity contribution in [2.45, 2.75) is 25.7 Å². The van der Waals surface area contributed by atoms with Crippen molar-refractivity contribution in [3.8, 4) is 11.5 Å². The third kappa shape index (κ3) is 3.82. The molecule has 0 fully saturated rings. The molecule has 1 aliphatic rings. The highest BCUT2D eigenvalue weighted by molar-refractivity contribution is 7.97. The third-order valence-electron chi connectivity index (χ3n) is 6.45. The third-order valence-corrected chi connectivity index (χ3v) is 7.31. The van der Waals surface area contributed by atoms with Gasteiger partial charge in [0.2, 0.25) is 0 Å². The van der Waals surface area contributed by atoms with Crippen LogP contribution >= 0.6 is 11.9 Å². The first-order chi connectivity index (χ1) is 17.3. The number of carbonyl (C=O) groups excluding carboxylic acids is 2. The number of carbonyl (C=O) groups is 2. The van der Waals surface area contributed by atoms with Crippen molar-refractivity contribution in [1.82, 2.24) is 0 Å². The minimum absolute atomic E-state index is 0.128. The lowest BCUT2D eigenvalue weighted by molar-refractivity contribution is 0.0980. The molecule has 0 unspecified atom stereocenters. The highest BCUT2D eigenvalue weighted by Crippen LogP contribution is 2.44. The van der Waals surface area contributed by atoms with E-state index in [0.717, 1.165) is 27.3 Å². The van der Waals surface area contributed by atoms with Gasteiger partial charge in [0.1, 0.15) is 5.75 Å². The van der Waals surface area contributed by atoms with E-state index in [1.807, 2.05) is 45.0 Å². The Morgan fingerprint density at radius 2 is 1.42 bits per heavy atom. The zero-order chi connectivity index (χ0) is 25.6. The van der Waals surface area contributed by atoms with Crippen LogP contribution in [0.5, 0.6) is 11.5 Å². The molecule has 0 saturated carbocycles. The summed E-state index contributed by atoms with van der Waals surface area (Å²) < 4.78 is 6.10. The molecule has 0 aromatic heterocycles. The van der Waals surface area contributed by atoms with E-state index in [1.54, 1.807) is 42.5 Å². The summed E-state index contributed by atoms with van der Waals surface area (Å²) >= 11 is 1.18. The molecule has 0 aliphatic heterocycles. The number of fused-ring (bicyclic) bond motifs is 2. The summed E-state index contributed by atoms with van der Waals surface area (Å²) in [7, 11) is 0. The van der Waals surface area contributed by atoms with E-state index in [-0.39, 0.29) is 28.4 Å². The minimum Gasteiger partial charge on any atom is -0.455 e. The highest BCUT2D eigenvalue weighted by Gasteiger charge is 2.35. The normalized spacial score (nSPS) is 12.2. The van der Waals surface area contributed by atoms with Crippen LogP contribution in [-0.4, -0.2) is 11.6 Å². The molecule has 0 heterocycles. The molecular formula is C29H25N3O3S. The second-order valence-corrected chi connectivity index (χ2v) is 9.43. The summed E-state index contributed by atoms with van der Waals surface area (Å²) in [5.41, 5.74) is 11.9. The van der Waals surface area contributed by atoms with E-state index in [4.69, 9.17) is 15.6 Å². The Labute approximate surface area is 213 Å². The molecule has 0 saturated heterocycles. The quantitative estimate of drug-likeness (QED) is 0.189. The predicted octanol–water partition coefficient (Wildman–Crippen LogP) is 6.47. The lowest BCUT2D eigenvalue weighted by Crippen LogP contribution is -2.24. The Balaban J connectivity index is 1.75. The minimum atomic E-state index is -0.310. The van der Waals surface area contributed by atoms with E-state index in [1.165, 1.54) is 11.9 Å². The Bertz CT molecular complexity index is 1550. The van der Waals surface area contributed by atoms with Gasteiger partial charge in [0.15, 0.2) is 17.3 Å². The molecule has 1 aliphatic carbocycles. The fraction of sp³-hybridized carbons (Fsp3) is 0.103. The van der Waals surface area contributed by atoms with E-state index < -0.39 is 0 Å². The Morgan fingerprint density at radius 3 is 2.06 bits per heavy atom. The average molecular weight is 496 g/mol. The predicted molar refractivity (Wildman–Crippen MR) is 145 cm³/mol. The number of hydrogen-bond donors (Lipinski definition) is 3. The lowest BCUT2D eigenvalue weighted by Gasteiger charge is -2.25. The zero-order valence-corrected chi connectivity index (χ0v) is 21.0. The monoisotopic (exact) mass is 495 g/mol. The van der Waals surface area contributed by atoms with Crippen LogP contribution in [0.15, 0.2) is 71.6 Å². The van der Waals surface area contributed by atoms with E-state index in [2.05, 4.69) is 5.32 Å². The number of ether oxygens (including phenoxy) is 1. The lowest BCUT2D eigenvalue weighted by atomic mass is 9.82. The number of aryl methyl sites for hydroxylation is 2. The summed E-state index contributed by atoms with van der Waals surface area (Å²) in [6, 6.07) is 19.7. The van der Waals surface area contributed by atoms with Gasteiger partial charge in [0.05, 0.1) is 22.5 Å². The smallest absolute Gasteiger partial charge is 0.196 e. The number of para-hydroxylation sites is 1. The van der Waals surface area contributed by atoms with Crippen LogP contribution in [-0.2, 0) is 0 Å². The highest BCUT2D eigenvalue weighted by atomic mass is 32.2. The molecular weight excluding hydrogens is 470 g/mol. The molecule has 0 spiro atoms. The Hall–Kier alpha value is -4.07. The van der Waals surface area contributed by atoms with Crippen LogP contribution in [0.25, 0.3) is 0 Å². The molecule has 4 aromatic rings. The number of nitrogen functional groups attached to an aromatic ring is 1. The SMILES string of the molecule is Cc1cc(C)c(SN)c(C)c1Nc1cc(Oc2ccccc2)c(N)c2c1C(=O)c1ccccc1C2=O. The molecule has 6 nitrogen and oxygen atoms in total. The fourth-order valence-corrected chi connectivity index (χ4v) is 5.29. The van der Waals surface area contributed by atoms with Crippen LogP contribution in [0, 0.1) is 20.8 Å². The zero-order valence-electron chi connectivity index (χ0n) is 20.1. The van der Waals surface area contributed by atoms with Gasteiger partial charge in [-0.2, -0.15) is 0 Å². The largest absolute Gasteiger partial charge is 0.455 e.